The number of amides is 3. The molecule has 0 aromatic rings. The van der Waals surface area contributed by atoms with Gasteiger partial charge in [-0.1, -0.05) is 27.7 Å². The van der Waals surface area contributed by atoms with Crippen LogP contribution in [0.15, 0.2) is 0 Å². The highest BCUT2D eigenvalue weighted by atomic mass is 32.1. The highest BCUT2D eigenvalue weighted by Gasteiger charge is 2.30. The highest BCUT2D eigenvalue weighted by molar-refractivity contribution is 7.80. The van der Waals surface area contributed by atoms with Gasteiger partial charge in [0, 0.05) is 12.2 Å². The Morgan fingerprint density at radius 3 is 1.69 bits per heavy atom. The smallest absolute Gasteiger partial charge is 0.327 e. The SMILES string of the molecule is CC(C)C[C@H](NC(=O)[C@H](CCC(=O)O)NC(=O)[C@@H](N)CC(C)C)C(=O)N[C@@H](CS)C(=O)O. The number of nitrogens with two attached hydrogens (primary N) is 1. The largest absolute Gasteiger partial charge is 0.481 e. The molecule has 11 nitrogen and oxygen atoms in total. The molecule has 0 aliphatic rings. The fourth-order valence-corrected chi connectivity index (χ4v) is 3.11. The number of carbonyl (C=O) groups excluding carboxylic acids is 3. The molecule has 184 valence electrons. The monoisotopic (exact) mass is 476 g/mol. The van der Waals surface area contributed by atoms with E-state index in [-0.39, 0.29) is 36.9 Å². The van der Waals surface area contributed by atoms with Gasteiger partial charge in [0.1, 0.15) is 18.1 Å². The molecule has 0 aromatic heterocycles. The number of carbonyl (C=O) groups is 5. The third-order valence-corrected chi connectivity index (χ3v) is 4.84. The lowest BCUT2D eigenvalue weighted by atomic mass is 10.0. The Morgan fingerprint density at radius 2 is 1.25 bits per heavy atom. The fraction of sp³-hybridized carbons (Fsp3) is 0.750. The summed E-state index contributed by atoms with van der Waals surface area (Å²) in [6, 6.07) is -4.43. The molecule has 12 heteroatoms. The molecule has 0 spiro atoms. The Balaban J connectivity index is 5.47. The minimum absolute atomic E-state index is 0.0307. The van der Waals surface area contributed by atoms with E-state index in [1.807, 2.05) is 27.7 Å². The van der Waals surface area contributed by atoms with E-state index in [0.717, 1.165) is 0 Å². The second-order valence-corrected chi connectivity index (χ2v) is 8.87. The van der Waals surface area contributed by atoms with E-state index in [2.05, 4.69) is 28.6 Å². The first kappa shape index (κ1) is 29.7. The Bertz CT molecular complexity index is 672. The number of aliphatic carboxylic acids is 2. The maximum Gasteiger partial charge on any atom is 0.327 e. The number of nitrogens with one attached hydrogen (secondary N) is 3. The second kappa shape index (κ2) is 14.7. The quantitative estimate of drug-likeness (QED) is 0.157. The van der Waals surface area contributed by atoms with E-state index < -0.39 is 53.8 Å². The molecule has 0 unspecified atom stereocenters. The first-order chi connectivity index (χ1) is 14.8. The van der Waals surface area contributed by atoms with Crippen molar-refractivity contribution in [1.29, 1.82) is 0 Å². The van der Waals surface area contributed by atoms with Gasteiger partial charge in [0.15, 0.2) is 0 Å². The van der Waals surface area contributed by atoms with Crippen LogP contribution in [0.1, 0.15) is 53.4 Å². The lowest BCUT2D eigenvalue weighted by Crippen LogP contribution is -2.57. The summed E-state index contributed by atoms with van der Waals surface area (Å²) in [5.74, 6) is -4.54. The van der Waals surface area contributed by atoms with Crippen LogP contribution in [0.4, 0.5) is 0 Å². The molecular weight excluding hydrogens is 440 g/mol. The number of thiol groups is 1. The minimum Gasteiger partial charge on any atom is -0.481 e. The van der Waals surface area contributed by atoms with Crippen LogP contribution in [0.25, 0.3) is 0 Å². The van der Waals surface area contributed by atoms with E-state index >= 15 is 0 Å². The van der Waals surface area contributed by atoms with Crippen molar-refractivity contribution in [2.24, 2.45) is 17.6 Å². The Hall–Kier alpha value is -2.34. The van der Waals surface area contributed by atoms with E-state index in [0.29, 0.717) is 6.42 Å². The molecule has 0 aliphatic carbocycles. The van der Waals surface area contributed by atoms with Gasteiger partial charge >= 0.3 is 11.9 Å². The van der Waals surface area contributed by atoms with Crippen molar-refractivity contribution < 1.29 is 34.2 Å². The van der Waals surface area contributed by atoms with Crippen molar-refractivity contribution in [3.05, 3.63) is 0 Å². The third kappa shape index (κ3) is 11.9. The Labute approximate surface area is 193 Å². The number of rotatable bonds is 15. The summed E-state index contributed by atoms with van der Waals surface area (Å²) in [5.41, 5.74) is 5.85. The molecule has 0 heterocycles. The molecule has 4 atom stereocenters. The zero-order valence-electron chi connectivity index (χ0n) is 19.0. The molecule has 0 aromatic carbocycles. The second-order valence-electron chi connectivity index (χ2n) is 8.50. The van der Waals surface area contributed by atoms with Gasteiger partial charge < -0.3 is 31.9 Å². The Morgan fingerprint density at radius 1 is 0.781 bits per heavy atom. The van der Waals surface area contributed by atoms with E-state index in [1.54, 1.807) is 0 Å². The molecule has 32 heavy (non-hydrogen) atoms. The average Bonchev–Trinajstić information content (AvgIpc) is 2.66. The summed E-state index contributed by atoms with van der Waals surface area (Å²) in [6.45, 7) is 7.39. The molecule has 0 fully saturated rings. The maximum absolute atomic E-state index is 12.9. The van der Waals surface area contributed by atoms with Gasteiger partial charge in [-0.2, -0.15) is 12.6 Å². The van der Waals surface area contributed by atoms with Gasteiger partial charge in [0.05, 0.1) is 6.04 Å². The van der Waals surface area contributed by atoms with Crippen LogP contribution in [0.3, 0.4) is 0 Å². The third-order valence-electron chi connectivity index (χ3n) is 4.48. The number of hydrogen-bond acceptors (Lipinski definition) is 7. The molecule has 0 aliphatic heterocycles. The van der Waals surface area contributed by atoms with Gasteiger partial charge in [-0.25, -0.2) is 4.79 Å². The van der Waals surface area contributed by atoms with Crippen LogP contribution < -0.4 is 21.7 Å². The van der Waals surface area contributed by atoms with Gasteiger partial charge in [-0.05, 0) is 31.1 Å². The van der Waals surface area contributed by atoms with Crippen molar-refractivity contribution in [2.75, 3.05) is 5.75 Å². The molecule has 7 N–H and O–H groups in total. The van der Waals surface area contributed by atoms with Gasteiger partial charge in [0.2, 0.25) is 17.7 Å². The summed E-state index contributed by atoms with van der Waals surface area (Å²) < 4.78 is 0. The van der Waals surface area contributed by atoms with Crippen molar-refractivity contribution in [3.8, 4) is 0 Å². The van der Waals surface area contributed by atoms with Gasteiger partial charge in [-0.15, -0.1) is 0 Å². The van der Waals surface area contributed by atoms with Crippen molar-refractivity contribution in [2.45, 2.75) is 77.5 Å². The zero-order chi connectivity index (χ0) is 25.0. The summed E-state index contributed by atoms with van der Waals surface area (Å²) in [4.78, 5) is 60.0. The highest BCUT2D eigenvalue weighted by Crippen LogP contribution is 2.09. The summed E-state index contributed by atoms with van der Waals surface area (Å²) in [6.07, 6.45) is -0.0218. The zero-order valence-corrected chi connectivity index (χ0v) is 19.9. The molecule has 3 amide bonds. The predicted octanol–water partition coefficient (Wildman–Crippen LogP) is -0.260. The predicted molar refractivity (Wildman–Crippen MR) is 121 cm³/mol. The summed E-state index contributed by atoms with van der Waals surface area (Å²) in [5, 5.41) is 25.4. The van der Waals surface area contributed by atoms with Gasteiger partial charge in [-0.3, -0.25) is 19.2 Å². The van der Waals surface area contributed by atoms with E-state index in [4.69, 9.17) is 15.9 Å². The summed E-state index contributed by atoms with van der Waals surface area (Å²) in [7, 11) is 0. The van der Waals surface area contributed by atoms with E-state index in [1.165, 1.54) is 0 Å². The molecular formula is C20H36N4O7S. The average molecular weight is 477 g/mol. The number of carboxylic acid groups (broad SMARTS) is 2. The van der Waals surface area contributed by atoms with Crippen LogP contribution in [0.2, 0.25) is 0 Å². The molecule has 0 radical (unpaired) electrons. The molecule has 0 bridgehead atoms. The number of carboxylic acids is 2. The van der Waals surface area contributed by atoms with Crippen LogP contribution >= 0.6 is 12.6 Å². The maximum atomic E-state index is 12.9. The van der Waals surface area contributed by atoms with Crippen LogP contribution in [0.5, 0.6) is 0 Å². The van der Waals surface area contributed by atoms with E-state index in [9.17, 15) is 24.0 Å². The van der Waals surface area contributed by atoms with Crippen LogP contribution in [-0.2, 0) is 24.0 Å². The first-order valence-electron chi connectivity index (χ1n) is 10.5. The first-order valence-corrected chi connectivity index (χ1v) is 11.1. The lowest BCUT2D eigenvalue weighted by molar-refractivity contribution is -0.141. The standard InChI is InChI=1S/C20H36N4O7S/c1-10(2)7-12(21)17(27)22-13(5-6-16(25)26)18(28)23-14(8-11(3)4)19(29)24-15(9-32)20(30)31/h10-15,32H,5-9,21H2,1-4H3,(H,22,27)(H,23,28)(H,24,29)(H,25,26)(H,30,31)/t12-,13-,14-,15-/m0/s1. The van der Waals surface area contributed by atoms with Gasteiger partial charge in [0.25, 0.3) is 0 Å². The lowest BCUT2D eigenvalue weighted by Gasteiger charge is -2.26. The minimum atomic E-state index is -1.27. The molecule has 0 saturated heterocycles. The van der Waals surface area contributed by atoms with Crippen molar-refractivity contribution in [3.63, 3.8) is 0 Å². The Kier molecular flexibility index (Phi) is 13.6. The molecule has 0 rings (SSSR count). The van der Waals surface area contributed by atoms with Crippen molar-refractivity contribution >= 4 is 42.3 Å². The van der Waals surface area contributed by atoms with Crippen molar-refractivity contribution in [1.82, 2.24) is 16.0 Å². The molecule has 0 saturated carbocycles. The topological polar surface area (TPSA) is 188 Å². The normalized spacial score (nSPS) is 14.9. The fourth-order valence-electron chi connectivity index (χ4n) is 2.86. The van der Waals surface area contributed by atoms with Crippen LogP contribution in [-0.4, -0.2) is 69.8 Å². The van der Waals surface area contributed by atoms with Crippen LogP contribution in [0, 0.1) is 11.8 Å². The summed E-state index contributed by atoms with van der Waals surface area (Å²) >= 11 is 3.90. The number of hydrogen-bond donors (Lipinski definition) is 7.